The van der Waals surface area contributed by atoms with Crippen LogP contribution >= 0.6 is 0 Å². The predicted molar refractivity (Wildman–Crippen MR) is 103 cm³/mol. The number of nitrogens with one attached hydrogen (secondary N) is 1. The van der Waals surface area contributed by atoms with Crippen LogP contribution in [0.25, 0.3) is 0 Å². The molecule has 1 N–H and O–H groups in total. The molecule has 1 aliphatic carbocycles. The number of aryl methyl sites for hydroxylation is 1. The summed E-state index contributed by atoms with van der Waals surface area (Å²) in [4.78, 5) is 21.0. The summed E-state index contributed by atoms with van der Waals surface area (Å²) < 4.78 is 0. The molecular formula is C21H26N4O. The second-order valence-electron chi connectivity index (χ2n) is 8.02. The van der Waals surface area contributed by atoms with E-state index in [0.717, 1.165) is 25.2 Å². The van der Waals surface area contributed by atoms with Crippen molar-refractivity contribution < 1.29 is 4.79 Å². The number of carbonyl (C=O) groups excluding carboxylic acids is 1. The molecule has 5 nitrogen and oxygen atoms in total. The number of rotatable bonds is 4. The second-order valence-corrected chi connectivity index (χ2v) is 8.02. The molecule has 4 rings (SSSR count). The normalized spacial score (nSPS) is 23.8. The summed E-state index contributed by atoms with van der Waals surface area (Å²) >= 11 is 0. The fourth-order valence-electron chi connectivity index (χ4n) is 4.16. The molecule has 2 heterocycles. The van der Waals surface area contributed by atoms with E-state index in [1.807, 2.05) is 31.1 Å². The highest BCUT2D eigenvalue weighted by atomic mass is 16.2. The molecule has 1 aliphatic heterocycles. The lowest BCUT2D eigenvalue weighted by Crippen LogP contribution is -2.36. The van der Waals surface area contributed by atoms with Crippen molar-refractivity contribution in [1.82, 2.24) is 14.8 Å². The van der Waals surface area contributed by atoms with Gasteiger partial charge in [0, 0.05) is 31.2 Å². The molecular weight excluding hydrogens is 324 g/mol. The molecule has 2 amide bonds. The Hall–Kier alpha value is -2.40. The average Bonchev–Trinajstić information content (AvgIpc) is 3.16. The molecule has 2 unspecified atom stereocenters. The maximum absolute atomic E-state index is 12.7. The van der Waals surface area contributed by atoms with E-state index in [1.165, 1.54) is 17.5 Å². The van der Waals surface area contributed by atoms with Gasteiger partial charge in [0.25, 0.3) is 0 Å². The van der Waals surface area contributed by atoms with Crippen LogP contribution in [0.4, 0.5) is 10.6 Å². The maximum Gasteiger partial charge on any atom is 0.323 e. The Morgan fingerprint density at radius 3 is 2.81 bits per heavy atom. The zero-order valence-electron chi connectivity index (χ0n) is 15.7. The fourth-order valence-corrected chi connectivity index (χ4v) is 4.16. The topological polar surface area (TPSA) is 48.5 Å². The minimum atomic E-state index is -0.0433. The number of piperidine rings is 1. The minimum absolute atomic E-state index is 0.0433. The largest absolute Gasteiger partial charge is 0.323 e. The predicted octanol–water partition coefficient (Wildman–Crippen LogP) is 3.26. The van der Waals surface area contributed by atoms with E-state index < -0.39 is 0 Å². The van der Waals surface area contributed by atoms with Crippen molar-refractivity contribution >= 4 is 11.8 Å². The van der Waals surface area contributed by atoms with Crippen molar-refractivity contribution in [3.8, 4) is 0 Å². The third-order valence-electron chi connectivity index (χ3n) is 5.62. The average molecular weight is 350 g/mol. The first-order chi connectivity index (χ1) is 12.5. The van der Waals surface area contributed by atoms with Gasteiger partial charge in [-0.25, -0.2) is 9.78 Å². The molecule has 1 saturated carbocycles. The van der Waals surface area contributed by atoms with Gasteiger partial charge >= 0.3 is 6.03 Å². The quantitative estimate of drug-likeness (QED) is 0.921. The molecule has 26 heavy (non-hydrogen) atoms. The standard InChI is InChI=1S/C21H26N4O/c1-15-4-6-17(7-5-15)21-11-18(21)13-25(14-21)20(26)23-19-10-16(8-9-22-19)12-24(2)3/h4-10,18H,11-14H2,1-3H3,(H,22,23,26). The third kappa shape index (κ3) is 3.19. The number of pyridine rings is 1. The smallest absolute Gasteiger partial charge is 0.323 e. The highest BCUT2D eigenvalue weighted by Gasteiger charge is 2.61. The number of amides is 2. The molecule has 5 heteroatoms. The number of hydrogen-bond acceptors (Lipinski definition) is 3. The molecule has 136 valence electrons. The van der Waals surface area contributed by atoms with Gasteiger partial charge in [-0.3, -0.25) is 5.32 Å². The number of aromatic nitrogens is 1. The number of anilines is 1. The Morgan fingerprint density at radius 1 is 1.31 bits per heavy atom. The first-order valence-corrected chi connectivity index (χ1v) is 9.19. The first-order valence-electron chi connectivity index (χ1n) is 9.19. The molecule has 2 aromatic rings. The Bertz CT molecular complexity index is 817. The molecule has 0 radical (unpaired) electrons. The van der Waals surface area contributed by atoms with Crippen molar-refractivity contribution in [3.05, 3.63) is 59.3 Å². The number of fused-ring (bicyclic) bond motifs is 1. The Labute approximate surface area is 155 Å². The third-order valence-corrected chi connectivity index (χ3v) is 5.62. The second kappa shape index (κ2) is 6.40. The van der Waals surface area contributed by atoms with Gasteiger partial charge in [-0.1, -0.05) is 29.8 Å². The summed E-state index contributed by atoms with van der Waals surface area (Å²) in [6.07, 6.45) is 2.94. The summed E-state index contributed by atoms with van der Waals surface area (Å²) in [5.74, 6) is 1.21. The van der Waals surface area contributed by atoms with Crippen LogP contribution in [-0.2, 0) is 12.0 Å². The van der Waals surface area contributed by atoms with E-state index in [4.69, 9.17) is 0 Å². The van der Waals surface area contributed by atoms with Gasteiger partial charge in [-0.2, -0.15) is 0 Å². The van der Waals surface area contributed by atoms with Gasteiger partial charge < -0.3 is 9.80 Å². The Balaban J connectivity index is 1.42. The van der Waals surface area contributed by atoms with Gasteiger partial charge in [0.05, 0.1) is 0 Å². The van der Waals surface area contributed by atoms with Crippen LogP contribution < -0.4 is 5.32 Å². The molecule has 0 bridgehead atoms. The highest BCUT2D eigenvalue weighted by molar-refractivity contribution is 5.89. The number of benzene rings is 1. The van der Waals surface area contributed by atoms with Crippen LogP contribution in [0.3, 0.4) is 0 Å². The van der Waals surface area contributed by atoms with Gasteiger partial charge in [-0.05, 0) is 56.6 Å². The molecule has 0 spiro atoms. The van der Waals surface area contributed by atoms with Crippen LogP contribution in [0.2, 0.25) is 0 Å². The Morgan fingerprint density at radius 2 is 2.08 bits per heavy atom. The van der Waals surface area contributed by atoms with E-state index in [-0.39, 0.29) is 11.4 Å². The van der Waals surface area contributed by atoms with E-state index >= 15 is 0 Å². The minimum Gasteiger partial charge on any atom is -0.323 e. The van der Waals surface area contributed by atoms with E-state index in [0.29, 0.717) is 11.7 Å². The van der Waals surface area contributed by atoms with Crippen LogP contribution in [-0.4, -0.2) is 48.0 Å². The lowest BCUT2D eigenvalue weighted by molar-refractivity contribution is 0.216. The molecule has 1 aromatic heterocycles. The van der Waals surface area contributed by atoms with Gasteiger partial charge in [0.1, 0.15) is 5.82 Å². The van der Waals surface area contributed by atoms with Crippen LogP contribution in [0.15, 0.2) is 42.6 Å². The Kier molecular flexibility index (Phi) is 4.19. The van der Waals surface area contributed by atoms with Gasteiger partial charge in [-0.15, -0.1) is 0 Å². The van der Waals surface area contributed by atoms with Crippen LogP contribution in [0.1, 0.15) is 23.1 Å². The summed E-state index contributed by atoms with van der Waals surface area (Å²) in [6, 6.07) is 12.7. The molecule has 2 fully saturated rings. The summed E-state index contributed by atoms with van der Waals surface area (Å²) in [5.41, 5.74) is 3.96. The van der Waals surface area contributed by atoms with Crippen LogP contribution in [0.5, 0.6) is 0 Å². The van der Waals surface area contributed by atoms with Gasteiger partial charge in [0.2, 0.25) is 0 Å². The fraction of sp³-hybridized carbons (Fsp3) is 0.429. The van der Waals surface area contributed by atoms with Gasteiger partial charge in [0.15, 0.2) is 0 Å². The zero-order valence-corrected chi connectivity index (χ0v) is 15.7. The SMILES string of the molecule is Cc1ccc(C23CC2CN(C(=O)Nc2cc(CN(C)C)ccn2)C3)cc1. The lowest BCUT2D eigenvalue weighted by Gasteiger charge is -2.22. The maximum atomic E-state index is 12.7. The van der Waals surface area contributed by atoms with E-state index in [9.17, 15) is 4.79 Å². The van der Waals surface area contributed by atoms with Crippen molar-refractivity contribution in [3.63, 3.8) is 0 Å². The number of likely N-dealkylation sites (tertiary alicyclic amines) is 1. The zero-order chi connectivity index (χ0) is 18.3. The van der Waals surface area contributed by atoms with E-state index in [2.05, 4.69) is 46.4 Å². The first kappa shape index (κ1) is 17.0. The summed E-state index contributed by atoms with van der Waals surface area (Å²) in [5, 5.41) is 2.97. The van der Waals surface area contributed by atoms with Crippen LogP contribution in [0, 0.1) is 12.8 Å². The summed E-state index contributed by atoms with van der Waals surface area (Å²) in [6.45, 7) is 4.56. The number of hydrogen-bond donors (Lipinski definition) is 1. The van der Waals surface area contributed by atoms with Crippen molar-refractivity contribution in [2.24, 2.45) is 5.92 Å². The van der Waals surface area contributed by atoms with Crippen molar-refractivity contribution in [2.45, 2.75) is 25.3 Å². The molecule has 1 saturated heterocycles. The monoisotopic (exact) mass is 350 g/mol. The van der Waals surface area contributed by atoms with E-state index in [1.54, 1.807) is 6.20 Å². The number of urea groups is 1. The number of carbonyl (C=O) groups is 1. The molecule has 2 aliphatic rings. The summed E-state index contributed by atoms with van der Waals surface area (Å²) in [7, 11) is 4.05. The van der Waals surface area contributed by atoms with Crippen molar-refractivity contribution in [1.29, 1.82) is 0 Å². The molecule has 1 aromatic carbocycles. The lowest BCUT2D eigenvalue weighted by atomic mass is 9.94. The highest BCUT2D eigenvalue weighted by Crippen LogP contribution is 2.59. The van der Waals surface area contributed by atoms with Crippen molar-refractivity contribution in [2.75, 3.05) is 32.5 Å². The number of nitrogens with zero attached hydrogens (tertiary/aromatic N) is 3. The molecule has 2 atom stereocenters.